The van der Waals surface area contributed by atoms with Crippen LogP contribution in [0.3, 0.4) is 0 Å². The van der Waals surface area contributed by atoms with Crippen molar-refractivity contribution in [3.05, 3.63) is 35.4 Å². The summed E-state index contributed by atoms with van der Waals surface area (Å²) in [6.45, 7) is 9.60. The van der Waals surface area contributed by atoms with Gasteiger partial charge in [-0.05, 0) is 31.0 Å². The van der Waals surface area contributed by atoms with E-state index in [4.69, 9.17) is 9.72 Å². The zero-order chi connectivity index (χ0) is 14.7. The zero-order valence-corrected chi connectivity index (χ0v) is 13.6. The van der Waals surface area contributed by atoms with E-state index >= 15 is 0 Å². The first-order chi connectivity index (χ1) is 10.2. The summed E-state index contributed by atoms with van der Waals surface area (Å²) in [7, 11) is 0. The third-order valence-electron chi connectivity index (χ3n) is 4.09. The van der Waals surface area contributed by atoms with Crippen molar-refractivity contribution >= 4 is 22.7 Å². The number of ether oxygens (including phenoxy) is 1. The second-order valence-electron chi connectivity index (χ2n) is 5.72. The summed E-state index contributed by atoms with van der Waals surface area (Å²) < 4.78 is 5.40. The number of nitrogens with one attached hydrogen (secondary N) is 1. The number of morpholine rings is 1. The average molecular weight is 303 g/mol. The highest BCUT2D eigenvalue weighted by Gasteiger charge is 2.14. The minimum Gasteiger partial charge on any atom is -0.370 e. The molecule has 1 aromatic heterocycles. The van der Waals surface area contributed by atoms with Gasteiger partial charge in [-0.1, -0.05) is 18.2 Å². The predicted octanol–water partition coefficient (Wildman–Crippen LogP) is 1.86. The number of pyridine rings is 1. The second-order valence-corrected chi connectivity index (χ2v) is 6.80. The SMILES string of the molecule is Cc1cc2cccc(C)c2nc1SCC[NH+]1CCOCC1. The quantitative estimate of drug-likeness (QED) is 0.873. The number of nitrogens with zero attached hydrogens (tertiary/aromatic N) is 1. The molecule has 2 aromatic rings. The largest absolute Gasteiger partial charge is 0.370 e. The van der Waals surface area contributed by atoms with E-state index in [1.807, 2.05) is 11.8 Å². The first kappa shape index (κ1) is 14.8. The van der Waals surface area contributed by atoms with Crippen molar-refractivity contribution in [2.75, 3.05) is 38.6 Å². The molecule has 21 heavy (non-hydrogen) atoms. The van der Waals surface area contributed by atoms with E-state index in [9.17, 15) is 0 Å². The molecule has 0 atom stereocenters. The van der Waals surface area contributed by atoms with Gasteiger partial charge in [0.25, 0.3) is 0 Å². The van der Waals surface area contributed by atoms with E-state index in [0.29, 0.717) is 0 Å². The Labute approximate surface area is 130 Å². The summed E-state index contributed by atoms with van der Waals surface area (Å²) in [6, 6.07) is 8.65. The molecule has 0 bridgehead atoms. The maximum absolute atomic E-state index is 5.40. The molecule has 0 saturated carbocycles. The van der Waals surface area contributed by atoms with Crippen molar-refractivity contribution in [2.24, 2.45) is 0 Å². The molecule has 1 aliphatic heterocycles. The van der Waals surface area contributed by atoms with Crippen LogP contribution in [0, 0.1) is 13.8 Å². The molecule has 1 aliphatic rings. The molecule has 1 saturated heterocycles. The fraction of sp³-hybridized carbons (Fsp3) is 0.471. The summed E-state index contributed by atoms with van der Waals surface area (Å²) in [5, 5.41) is 2.43. The summed E-state index contributed by atoms with van der Waals surface area (Å²) in [5.74, 6) is 1.13. The number of aryl methyl sites for hydroxylation is 2. The third kappa shape index (κ3) is 3.57. The maximum atomic E-state index is 5.40. The van der Waals surface area contributed by atoms with Crippen LogP contribution in [0.5, 0.6) is 0 Å². The highest BCUT2D eigenvalue weighted by molar-refractivity contribution is 7.99. The van der Waals surface area contributed by atoms with Crippen molar-refractivity contribution in [3.8, 4) is 0 Å². The molecule has 1 N–H and O–H groups in total. The summed E-state index contributed by atoms with van der Waals surface area (Å²) in [5.41, 5.74) is 3.69. The van der Waals surface area contributed by atoms with Crippen LogP contribution in [0.2, 0.25) is 0 Å². The van der Waals surface area contributed by atoms with Crippen LogP contribution >= 0.6 is 11.8 Å². The summed E-state index contributed by atoms with van der Waals surface area (Å²) >= 11 is 1.89. The Morgan fingerprint density at radius 2 is 2.00 bits per heavy atom. The number of para-hydroxylation sites is 1. The Balaban J connectivity index is 1.68. The minimum atomic E-state index is 0.909. The molecule has 0 spiro atoms. The lowest BCUT2D eigenvalue weighted by atomic mass is 10.1. The van der Waals surface area contributed by atoms with Crippen LogP contribution in [-0.2, 0) is 4.74 Å². The molecule has 0 aliphatic carbocycles. The Bertz CT molecular complexity index is 623. The van der Waals surface area contributed by atoms with Gasteiger partial charge >= 0.3 is 0 Å². The lowest BCUT2D eigenvalue weighted by Gasteiger charge is -2.23. The smallest absolute Gasteiger partial charge is 0.101 e. The van der Waals surface area contributed by atoms with Gasteiger partial charge in [0, 0.05) is 11.1 Å². The Kier molecular flexibility index (Phi) is 4.78. The fourth-order valence-electron chi connectivity index (χ4n) is 2.78. The molecular weight excluding hydrogens is 280 g/mol. The van der Waals surface area contributed by atoms with E-state index in [1.54, 1.807) is 4.90 Å². The second kappa shape index (κ2) is 6.77. The van der Waals surface area contributed by atoms with Gasteiger partial charge in [-0.3, -0.25) is 0 Å². The van der Waals surface area contributed by atoms with Crippen LogP contribution < -0.4 is 4.90 Å². The molecule has 2 heterocycles. The van der Waals surface area contributed by atoms with Crippen LogP contribution in [0.1, 0.15) is 11.1 Å². The van der Waals surface area contributed by atoms with Crippen molar-refractivity contribution in [1.29, 1.82) is 0 Å². The van der Waals surface area contributed by atoms with Crippen molar-refractivity contribution in [3.63, 3.8) is 0 Å². The molecule has 3 nitrogen and oxygen atoms in total. The molecular formula is C17H23N2OS+. The average Bonchev–Trinajstić information content (AvgIpc) is 2.50. The van der Waals surface area contributed by atoms with E-state index in [1.165, 1.54) is 28.1 Å². The summed E-state index contributed by atoms with van der Waals surface area (Å²) in [4.78, 5) is 6.54. The molecule has 0 unspecified atom stereocenters. The van der Waals surface area contributed by atoms with Crippen LogP contribution in [-0.4, -0.2) is 43.6 Å². The third-order valence-corrected chi connectivity index (χ3v) is 5.18. The number of benzene rings is 1. The predicted molar refractivity (Wildman–Crippen MR) is 88.3 cm³/mol. The fourth-order valence-corrected chi connectivity index (χ4v) is 3.81. The highest BCUT2D eigenvalue weighted by atomic mass is 32.2. The number of hydrogen-bond donors (Lipinski definition) is 1. The van der Waals surface area contributed by atoms with E-state index in [-0.39, 0.29) is 0 Å². The molecule has 0 radical (unpaired) electrons. The topological polar surface area (TPSA) is 26.6 Å². The van der Waals surface area contributed by atoms with E-state index < -0.39 is 0 Å². The van der Waals surface area contributed by atoms with Crippen molar-refractivity contribution in [2.45, 2.75) is 18.9 Å². The minimum absolute atomic E-state index is 0.909. The Hall–Kier alpha value is -1.10. The first-order valence-corrected chi connectivity index (χ1v) is 8.63. The van der Waals surface area contributed by atoms with Gasteiger partial charge < -0.3 is 9.64 Å². The Morgan fingerprint density at radius 1 is 1.19 bits per heavy atom. The van der Waals surface area contributed by atoms with Gasteiger partial charge in [-0.2, -0.15) is 0 Å². The number of thioether (sulfide) groups is 1. The van der Waals surface area contributed by atoms with E-state index in [0.717, 1.165) is 37.6 Å². The Morgan fingerprint density at radius 3 is 2.81 bits per heavy atom. The van der Waals surface area contributed by atoms with Crippen LogP contribution in [0.4, 0.5) is 0 Å². The van der Waals surface area contributed by atoms with E-state index in [2.05, 4.69) is 38.1 Å². The van der Waals surface area contributed by atoms with Crippen LogP contribution in [0.25, 0.3) is 10.9 Å². The summed E-state index contributed by atoms with van der Waals surface area (Å²) in [6.07, 6.45) is 0. The number of quaternary nitrogens is 1. The van der Waals surface area contributed by atoms with Gasteiger partial charge in [0.1, 0.15) is 13.1 Å². The number of hydrogen-bond acceptors (Lipinski definition) is 3. The number of aromatic nitrogens is 1. The first-order valence-electron chi connectivity index (χ1n) is 7.65. The molecule has 112 valence electrons. The van der Waals surface area contributed by atoms with Gasteiger partial charge in [-0.25, -0.2) is 4.98 Å². The van der Waals surface area contributed by atoms with Gasteiger partial charge in [0.05, 0.1) is 30.3 Å². The highest BCUT2D eigenvalue weighted by Crippen LogP contribution is 2.25. The lowest BCUT2D eigenvalue weighted by Crippen LogP contribution is -3.14. The van der Waals surface area contributed by atoms with Crippen molar-refractivity contribution < 1.29 is 9.64 Å². The standard InChI is InChI=1S/C17H22N2OS/c1-13-4-3-5-15-12-14(2)17(18-16(13)15)21-11-8-19-6-9-20-10-7-19/h3-5,12H,6-11H2,1-2H3/p+1. The van der Waals surface area contributed by atoms with Crippen molar-refractivity contribution in [1.82, 2.24) is 4.98 Å². The normalized spacial score (nSPS) is 16.5. The molecule has 1 aromatic carbocycles. The van der Waals surface area contributed by atoms with Gasteiger partial charge in [-0.15, -0.1) is 11.8 Å². The van der Waals surface area contributed by atoms with Crippen LogP contribution in [0.15, 0.2) is 29.3 Å². The lowest BCUT2D eigenvalue weighted by molar-refractivity contribution is -0.905. The number of fused-ring (bicyclic) bond motifs is 1. The molecule has 1 fully saturated rings. The van der Waals surface area contributed by atoms with Gasteiger partial charge in [0.2, 0.25) is 0 Å². The monoisotopic (exact) mass is 303 g/mol. The maximum Gasteiger partial charge on any atom is 0.101 e. The zero-order valence-electron chi connectivity index (χ0n) is 12.8. The molecule has 4 heteroatoms. The van der Waals surface area contributed by atoms with Gasteiger partial charge in [0.15, 0.2) is 0 Å². The molecule has 0 amide bonds. The number of rotatable bonds is 4. The molecule has 3 rings (SSSR count).